The highest BCUT2D eigenvalue weighted by Gasteiger charge is 2.30. The molecule has 0 heterocycles. The van der Waals surface area contributed by atoms with Gasteiger partial charge in [0.05, 0.1) is 12.5 Å². The Morgan fingerprint density at radius 3 is 1.89 bits per heavy atom. The van der Waals surface area contributed by atoms with Gasteiger partial charge >= 0.3 is 5.97 Å². The van der Waals surface area contributed by atoms with Crippen molar-refractivity contribution in [3.63, 3.8) is 0 Å². The predicted molar refractivity (Wildman–Crippen MR) is 102 cm³/mol. The van der Waals surface area contributed by atoms with Gasteiger partial charge in [0, 0.05) is 0 Å². The van der Waals surface area contributed by atoms with Crippen molar-refractivity contribution in [3.8, 4) is 0 Å². The summed E-state index contributed by atoms with van der Waals surface area (Å²) in [4.78, 5) is 24.3. The number of esters is 1. The zero-order valence-electron chi connectivity index (χ0n) is 17.1. The Bertz CT molecular complexity index is 530. The molecule has 0 amide bonds. The second-order valence-electron chi connectivity index (χ2n) is 6.80. The van der Waals surface area contributed by atoms with E-state index in [4.69, 9.17) is 9.47 Å². The van der Waals surface area contributed by atoms with Gasteiger partial charge in [-0.2, -0.15) is 0 Å². The van der Waals surface area contributed by atoms with Crippen LogP contribution in [-0.2, 0) is 29.2 Å². The monoisotopic (exact) mass is 407 g/mol. The predicted octanol–water partition coefficient (Wildman–Crippen LogP) is 3.36. The number of Topliss-reactive ketones (excluding diaryl/α,β-unsaturated/α-hetero) is 1. The fourth-order valence-corrected chi connectivity index (χ4v) is 3.40. The lowest BCUT2D eigenvalue weighted by molar-refractivity contribution is -0.150. The highest BCUT2D eigenvalue weighted by atomic mass is 32.2. The van der Waals surface area contributed by atoms with Crippen molar-refractivity contribution in [1.29, 1.82) is 0 Å². The number of rotatable bonds is 16. The fraction of sp³-hybridized carbons (Fsp3) is 0.895. The van der Waals surface area contributed by atoms with Gasteiger partial charge in [-0.25, -0.2) is 8.42 Å². The maximum absolute atomic E-state index is 12.2. The minimum atomic E-state index is -4.97. The number of carbonyl (C=O) groups is 2. The van der Waals surface area contributed by atoms with E-state index in [-0.39, 0.29) is 12.2 Å². The molecule has 0 spiro atoms. The average Bonchev–Trinajstić information content (AvgIpc) is 2.62. The van der Waals surface area contributed by atoms with Crippen molar-refractivity contribution in [1.82, 2.24) is 0 Å². The minimum Gasteiger partial charge on any atom is -0.747 e. The lowest BCUT2D eigenvalue weighted by Crippen LogP contribution is -2.37. The Morgan fingerprint density at radius 2 is 1.44 bits per heavy atom. The molecule has 7 nitrogen and oxygen atoms in total. The lowest BCUT2D eigenvalue weighted by atomic mass is 10.1. The normalized spacial score (nSPS) is 15.1. The molecule has 0 aromatic rings. The Kier molecular flexibility index (Phi) is 13.6. The van der Waals surface area contributed by atoms with Gasteiger partial charge in [-0.15, -0.1) is 0 Å². The molecule has 3 atom stereocenters. The number of hydrogen-bond donors (Lipinski definition) is 0. The van der Waals surface area contributed by atoms with E-state index in [2.05, 4.69) is 0 Å². The molecule has 27 heavy (non-hydrogen) atoms. The zero-order chi connectivity index (χ0) is 20.9. The van der Waals surface area contributed by atoms with E-state index in [1.807, 2.05) is 27.7 Å². The summed E-state index contributed by atoms with van der Waals surface area (Å²) in [5.41, 5.74) is 0. The molecule has 0 aromatic carbocycles. The van der Waals surface area contributed by atoms with Crippen molar-refractivity contribution in [2.24, 2.45) is 0 Å². The molecule has 0 aliphatic rings. The van der Waals surface area contributed by atoms with Gasteiger partial charge < -0.3 is 14.0 Å². The van der Waals surface area contributed by atoms with Crippen molar-refractivity contribution < 1.29 is 32.0 Å². The SMILES string of the molecule is CCCCC(CC)OCC(=O)C(CC(=O)OC(CC)CCCC)S(=O)(=O)[O-]. The molecule has 0 bridgehead atoms. The summed E-state index contributed by atoms with van der Waals surface area (Å²) in [5, 5.41) is -1.96. The van der Waals surface area contributed by atoms with Gasteiger partial charge in [-0.05, 0) is 25.7 Å². The first-order valence-corrected chi connectivity index (χ1v) is 11.4. The third kappa shape index (κ3) is 11.4. The summed E-state index contributed by atoms with van der Waals surface area (Å²) >= 11 is 0. The van der Waals surface area contributed by atoms with E-state index in [1.165, 1.54) is 0 Å². The first kappa shape index (κ1) is 26.0. The van der Waals surface area contributed by atoms with Gasteiger partial charge in [0.1, 0.15) is 28.1 Å². The van der Waals surface area contributed by atoms with Gasteiger partial charge in [0.2, 0.25) is 0 Å². The van der Waals surface area contributed by atoms with Crippen LogP contribution < -0.4 is 0 Å². The summed E-state index contributed by atoms with van der Waals surface area (Å²) < 4.78 is 45.2. The van der Waals surface area contributed by atoms with Crippen LogP contribution in [0.4, 0.5) is 0 Å². The molecule has 0 N–H and O–H groups in total. The number of unbranched alkanes of at least 4 members (excludes halogenated alkanes) is 2. The van der Waals surface area contributed by atoms with Crippen LogP contribution in [-0.4, -0.2) is 48.8 Å². The molecule has 0 saturated heterocycles. The molecule has 3 unspecified atom stereocenters. The largest absolute Gasteiger partial charge is 0.747 e. The van der Waals surface area contributed by atoms with Crippen molar-refractivity contribution >= 4 is 21.9 Å². The van der Waals surface area contributed by atoms with Gasteiger partial charge in [0.25, 0.3) is 0 Å². The highest BCUT2D eigenvalue weighted by Crippen LogP contribution is 2.15. The second-order valence-corrected chi connectivity index (χ2v) is 8.35. The van der Waals surface area contributed by atoms with Crippen LogP contribution in [0.15, 0.2) is 0 Å². The summed E-state index contributed by atoms with van der Waals surface area (Å²) in [6, 6.07) is 0. The molecule has 0 fully saturated rings. The molecule has 0 radical (unpaired) electrons. The first-order valence-electron chi connectivity index (χ1n) is 9.97. The highest BCUT2D eigenvalue weighted by molar-refractivity contribution is 7.87. The zero-order valence-corrected chi connectivity index (χ0v) is 17.9. The summed E-state index contributed by atoms with van der Waals surface area (Å²) in [6.45, 7) is 7.32. The molecule has 0 aliphatic heterocycles. The molecular formula is C19H35O7S-. The van der Waals surface area contributed by atoms with Crippen molar-refractivity contribution in [3.05, 3.63) is 0 Å². The van der Waals surface area contributed by atoms with Crippen LogP contribution in [0.25, 0.3) is 0 Å². The maximum atomic E-state index is 12.2. The molecule has 0 saturated carbocycles. The standard InChI is InChI=1S/C19H36O7S/c1-5-9-11-15(7-3)25-14-17(20)18(27(22,23)24)13-19(21)26-16(8-4)12-10-6-2/h15-16,18H,5-14H2,1-4H3,(H,22,23,24)/p-1. The van der Waals surface area contributed by atoms with E-state index in [1.54, 1.807) is 0 Å². The van der Waals surface area contributed by atoms with Crippen molar-refractivity contribution in [2.45, 2.75) is 103 Å². The molecule has 0 aliphatic carbocycles. The van der Waals surface area contributed by atoms with E-state index in [0.717, 1.165) is 32.1 Å². The topological polar surface area (TPSA) is 110 Å². The summed E-state index contributed by atoms with van der Waals surface area (Å²) in [6.07, 6.45) is 5.15. The molecule has 0 aromatic heterocycles. The number of ketones is 1. The van der Waals surface area contributed by atoms with Crippen LogP contribution in [0.3, 0.4) is 0 Å². The fourth-order valence-electron chi connectivity index (χ4n) is 2.67. The quantitative estimate of drug-likeness (QED) is 0.285. The van der Waals surface area contributed by atoms with Crippen LogP contribution in [0, 0.1) is 0 Å². The minimum absolute atomic E-state index is 0.172. The van der Waals surface area contributed by atoms with Gasteiger partial charge in [-0.3, -0.25) is 9.59 Å². The number of ether oxygens (including phenoxy) is 2. The number of hydrogen-bond acceptors (Lipinski definition) is 7. The summed E-state index contributed by atoms with van der Waals surface area (Å²) in [7, 11) is -4.97. The third-order valence-electron chi connectivity index (χ3n) is 4.49. The van der Waals surface area contributed by atoms with E-state index in [9.17, 15) is 22.6 Å². The summed E-state index contributed by atoms with van der Waals surface area (Å²) in [5.74, 6) is -1.73. The smallest absolute Gasteiger partial charge is 0.307 e. The maximum Gasteiger partial charge on any atom is 0.307 e. The van der Waals surface area contributed by atoms with E-state index in [0.29, 0.717) is 19.3 Å². The Labute approximate surface area is 163 Å². The molecular weight excluding hydrogens is 372 g/mol. The number of carbonyl (C=O) groups excluding carboxylic acids is 2. The second kappa shape index (κ2) is 14.1. The third-order valence-corrected chi connectivity index (χ3v) is 5.62. The Hall–Kier alpha value is -0.990. The molecule has 8 heteroatoms. The average molecular weight is 408 g/mol. The molecule has 160 valence electrons. The Morgan fingerprint density at radius 1 is 0.926 bits per heavy atom. The Balaban J connectivity index is 4.83. The van der Waals surface area contributed by atoms with Crippen LogP contribution in [0.5, 0.6) is 0 Å². The molecule has 0 rings (SSSR count). The lowest BCUT2D eigenvalue weighted by Gasteiger charge is -2.22. The van der Waals surface area contributed by atoms with Crippen LogP contribution in [0.2, 0.25) is 0 Å². The van der Waals surface area contributed by atoms with E-state index < -0.39 is 40.1 Å². The first-order chi connectivity index (χ1) is 12.7. The van der Waals surface area contributed by atoms with E-state index >= 15 is 0 Å². The van der Waals surface area contributed by atoms with Crippen molar-refractivity contribution in [2.75, 3.05) is 6.61 Å². The van der Waals surface area contributed by atoms with Crippen LogP contribution >= 0.6 is 0 Å². The van der Waals surface area contributed by atoms with Gasteiger partial charge in [-0.1, -0.05) is 53.4 Å². The van der Waals surface area contributed by atoms with Crippen LogP contribution in [0.1, 0.15) is 85.5 Å². The van der Waals surface area contributed by atoms with Gasteiger partial charge in [0.15, 0.2) is 5.78 Å².